The topological polar surface area (TPSA) is 102 Å². The monoisotopic (exact) mass is 504 g/mol. The number of amides is 1. The van der Waals surface area contributed by atoms with Gasteiger partial charge in [0.25, 0.3) is 5.91 Å². The van der Waals surface area contributed by atoms with Crippen molar-refractivity contribution in [3.8, 4) is 0 Å². The number of hydrogen-bond donors (Lipinski definition) is 3. The zero-order valence-electron chi connectivity index (χ0n) is 18.3. The molecule has 2 aliphatic carbocycles. The molecular weight excluding hydrogens is 480 g/mol. The van der Waals surface area contributed by atoms with Crippen LogP contribution in [0.5, 0.6) is 0 Å². The van der Waals surface area contributed by atoms with Crippen LogP contribution in [-0.2, 0) is 11.8 Å². The second-order valence-electron chi connectivity index (χ2n) is 9.28. The van der Waals surface area contributed by atoms with Gasteiger partial charge in [-0.2, -0.15) is 18.3 Å². The van der Waals surface area contributed by atoms with E-state index in [-0.39, 0.29) is 40.8 Å². The van der Waals surface area contributed by atoms with Gasteiger partial charge in [-0.25, -0.2) is 4.39 Å². The quantitative estimate of drug-likeness (QED) is 0.510. The molecule has 34 heavy (non-hydrogen) atoms. The van der Waals surface area contributed by atoms with Gasteiger partial charge in [0.1, 0.15) is 23.8 Å². The van der Waals surface area contributed by atoms with Crippen molar-refractivity contribution in [1.29, 1.82) is 0 Å². The maximum atomic E-state index is 13.4. The van der Waals surface area contributed by atoms with Gasteiger partial charge in [0.15, 0.2) is 0 Å². The summed E-state index contributed by atoms with van der Waals surface area (Å²) in [5.74, 6) is -0.898. The zero-order valence-corrected chi connectivity index (χ0v) is 19.1. The first-order valence-electron chi connectivity index (χ1n) is 10.8. The molecule has 1 amide bonds. The molecule has 2 aliphatic rings. The van der Waals surface area contributed by atoms with E-state index in [2.05, 4.69) is 10.4 Å². The summed E-state index contributed by atoms with van der Waals surface area (Å²) in [5, 5.41) is 17.7. The SMILES string of the molecule is Cn1nc(C2CC3CC(O)(COCC(F)(F)F)CC3C2)c(C(=O)Nc2ccc(F)c(Cl)c2)c1N. The number of hydrogen-bond acceptors (Lipinski definition) is 5. The van der Waals surface area contributed by atoms with Crippen LogP contribution in [0.15, 0.2) is 18.2 Å². The molecular formula is C22H25ClF4N4O3. The van der Waals surface area contributed by atoms with Gasteiger partial charge < -0.3 is 20.9 Å². The predicted molar refractivity (Wildman–Crippen MR) is 117 cm³/mol. The van der Waals surface area contributed by atoms with Gasteiger partial charge in [-0.15, -0.1) is 0 Å². The van der Waals surface area contributed by atoms with Crippen molar-refractivity contribution in [1.82, 2.24) is 9.78 Å². The van der Waals surface area contributed by atoms with Crippen molar-refractivity contribution in [2.24, 2.45) is 18.9 Å². The molecule has 7 nitrogen and oxygen atoms in total. The second-order valence-corrected chi connectivity index (χ2v) is 9.69. The Kier molecular flexibility index (Phi) is 6.56. The molecule has 1 heterocycles. The van der Waals surface area contributed by atoms with Crippen LogP contribution < -0.4 is 11.1 Å². The minimum Gasteiger partial charge on any atom is -0.387 e. The normalized spacial score (nSPS) is 26.6. The molecule has 2 fully saturated rings. The van der Waals surface area contributed by atoms with Gasteiger partial charge in [-0.3, -0.25) is 9.48 Å². The molecule has 0 bridgehead atoms. The van der Waals surface area contributed by atoms with Crippen molar-refractivity contribution in [3.05, 3.63) is 40.3 Å². The molecule has 1 aromatic heterocycles. The number of carbonyl (C=O) groups excluding carboxylic acids is 1. The maximum Gasteiger partial charge on any atom is 0.411 e. The summed E-state index contributed by atoms with van der Waals surface area (Å²) in [7, 11) is 1.62. The predicted octanol–water partition coefficient (Wildman–Crippen LogP) is 4.26. The highest BCUT2D eigenvalue weighted by atomic mass is 35.5. The molecule has 2 atom stereocenters. The fourth-order valence-electron chi connectivity index (χ4n) is 5.31. The van der Waals surface area contributed by atoms with Gasteiger partial charge in [0.05, 0.1) is 22.9 Å². The summed E-state index contributed by atoms with van der Waals surface area (Å²) in [6, 6.07) is 3.82. The van der Waals surface area contributed by atoms with Gasteiger partial charge in [0, 0.05) is 18.7 Å². The van der Waals surface area contributed by atoms with Crippen molar-refractivity contribution < 1.29 is 32.2 Å². The van der Waals surface area contributed by atoms with Crippen LogP contribution in [0.2, 0.25) is 5.02 Å². The standard InChI is InChI=1S/C22H25ClF4N4O3/c1-31-19(28)17(20(32)29-14-2-3-16(24)15(23)6-14)18(30-31)11-4-12-7-21(33,8-13(12)5-11)9-34-10-22(25,26)27/h2-3,6,11-13,33H,4-5,7-10,28H2,1H3,(H,29,32). The van der Waals surface area contributed by atoms with E-state index in [9.17, 15) is 27.5 Å². The number of aliphatic hydroxyl groups is 1. The lowest BCUT2D eigenvalue weighted by atomic mass is 9.92. The number of benzene rings is 1. The first-order valence-corrected chi connectivity index (χ1v) is 11.2. The van der Waals surface area contributed by atoms with Gasteiger partial charge in [-0.1, -0.05) is 11.6 Å². The Morgan fingerprint density at radius 1 is 1.35 bits per heavy atom. The van der Waals surface area contributed by atoms with E-state index in [0.717, 1.165) is 6.07 Å². The smallest absolute Gasteiger partial charge is 0.387 e. The van der Waals surface area contributed by atoms with Crippen LogP contribution >= 0.6 is 11.6 Å². The molecule has 1 aromatic carbocycles. The minimum absolute atomic E-state index is 0.0690. The maximum absolute atomic E-state index is 13.4. The zero-order chi connectivity index (χ0) is 24.8. The Morgan fingerprint density at radius 2 is 2.00 bits per heavy atom. The first kappa shape index (κ1) is 24.7. The van der Waals surface area contributed by atoms with Gasteiger partial charge in [0.2, 0.25) is 0 Å². The highest BCUT2D eigenvalue weighted by Gasteiger charge is 2.50. The van der Waals surface area contributed by atoms with Crippen LogP contribution in [0.1, 0.15) is 47.7 Å². The van der Waals surface area contributed by atoms with Crippen LogP contribution in [0.3, 0.4) is 0 Å². The van der Waals surface area contributed by atoms with E-state index in [0.29, 0.717) is 37.1 Å². The number of fused-ring (bicyclic) bond motifs is 1. The molecule has 12 heteroatoms. The number of anilines is 2. The number of ether oxygens (including phenoxy) is 1. The van der Waals surface area contributed by atoms with E-state index >= 15 is 0 Å². The summed E-state index contributed by atoms with van der Waals surface area (Å²) < 4.78 is 56.6. The molecule has 4 N–H and O–H groups in total. The van der Waals surface area contributed by atoms with Crippen LogP contribution in [0.25, 0.3) is 0 Å². The summed E-state index contributed by atoms with van der Waals surface area (Å²) >= 11 is 5.79. The van der Waals surface area contributed by atoms with Crippen LogP contribution in [0.4, 0.5) is 29.1 Å². The summed E-state index contributed by atoms with van der Waals surface area (Å²) in [6.07, 6.45) is -2.56. The number of carbonyl (C=O) groups is 1. The fourth-order valence-corrected chi connectivity index (χ4v) is 5.49. The Morgan fingerprint density at radius 3 is 2.59 bits per heavy atom. The number of rotatable bonds is 6. The molecule has 0 aliphatic heterocycles. The van der Waals surface area contributed by atoms with Crippen LogP contribution in [0, 0.1) is 17.7 Å². The highest BCUT2D eigenvalue weighted by molar-refractivity contribution is 6.31. The second kappa shape index (κ2) is 9.01. The van der Waals surface area contributed by atoms with E-state index < -0.39 is 30.1 Å². The fraction of sp³-hybridized carbons (Fsp3) is 0.545. The Labute approximate surface area is 198 Å². The van der Waals surface area contributed by atoms with E-state index in [1.54, 1.807) is 7.05 Å². The molecule has 0 saturated heterocycles. The van der Waals surface area contributed by atoms with Gasteiger partial charge >= 0.3 is 6.18 Å². The third-order valence-electron chi connectivity index (χ3n) is 6.67. The number of nitrogens with zero attached hydrogens (tertiary/aromatic N) is 2. The number of aromatic nitrogens is 2. The number of nitrogens with one attached hydrogen (secondary N) is 1. The molecule has 186 valence electrons. The number of nitrogen functional groups attached to an aromatic ring is 1. The van der Waals surface area contributed by atoms with Crippen molar-refractivity contribution in [2.45, 2.75) is 43.4 Å². The van der Waals surface area contributed by atoms with Crippen molar-refractivity contribution >= 4 is 29.0 Å². The van der Waals surface area contributed by atoms with E-state index in [4.69, 9.17) is 22.1 Å². The molecule has 0 spiro atoms. The van der Waals surface area contributed by atoms with E-state index in [1.807, 2.05) is 0 Å². The first-order chi connectivity index (χ1) is 15.8. The molecule has 2 aromatic rings. The van der Waals surface area contributed by atoms with Crippen LogP contribution in [-0.4, -0.2) is 45.8 Å². The summed E-state index contributed by atoms with van der Waals surface area (Å²) in [4.78, 5) is 13.0. The summed E-state index contributed by atoms with van der Waals surface area (Å²) in [6.45, 7) is -1.76. The molecule has 2 saturated carbocycles. The lowest BCUT2D eigenvalue weighted by Crippen LogP contribution is -2.34. The molecule has 2 unspecified atom stereocenters. The largest absolute Gasteiger partial charge is 0.411 e. The Bertz CT molecular complexity index is 1080. The molecule has 4 rings (SSSR count). The highest BCUT2D eigenvalue weighted by Crippen LogP contribution is 2.54. The number of halogens is 5. The Hall–Kier alpha value is -2.37. The van der Waals surface area contributed by atoms with Crippen molar-refractivity contribution in [3.63, 3.8) is 0 Å². The summed E-state index contributed by atoms with van der Waals surface area (Å²) in [5.41, 5.74) is 5.89. The average molecular weight is 505 g/mol. The average Bonchev–Trinajstić information content (AvgIpc) is 3.33. The Balaban J connectivity index is 1.45. The minimum atomic E-state index is -4.44. The molecule has 0 radical (unpaired) electrons. The van der Waals surface area contributed by atoms with E-state index in [1.165, 1.54) is 16.8 Å². The lowest BCUT2D eigenvalue weighted by molar-refractivity contribution is -0.186. The van der Waals surface area contributed by atoms with Crippen molar-refractivity contribution in [2.75, 3.05) is 24.3 Å². The third-order valence-corrected chi connectivity index (χ3v) is 6.96. The third kappa shape index (κ3) is 5.16. The lowest BCUT2D eigenvalue weighted by Gasteiger charge is -2.24. The number of nitrogens with two attached hydrogens (primary N) is 1. The number of aryl methyl sites for hydroxylation is 1. The number of alkyl halides is 3. The van der Waals surface area contributed by atoms with Gasteiger partial charge in [-0.05, 0) is 55.7 Å².